The molecular formula is C16H22N4O. The number of hydrogen-bond acceptors (Lipinski definition) is 5. The van der Waals surface area contributed by atoms with E-state index in [9.17, 15) is 0 Å². The summed E-state index contributed by atoms with van der Waals surface area (Å²) in [6, 6.07) is 11.8. The van der Waals surface area contributed by atoms with Gasteiger partial charge in [0.15, 0.2) is 5.82 Å². The highest BCUT2D eigenvalue weighted by atomic mass is 16.5. The van der Waals surface area contributed by atoms with Gasteiger partial charge in [-0.2, -0.15) is 4.98 Å². The highest BCUT2D eigenvalue weighted by Crippen LogP contribution is 2.21. The van der Waals surface area contributed by atoms with Crippen molar-refractivity contribution in [2.75, 3.05) is 39.1 Å². The first kappa shape index (κ1) is 15.3. The van der Waals surface area contributed by atoms with Crippen LogP contribution in [0.4, 0.5) is 5.82 Å². The third-order valence-electron chi connectivity index (χ3n) is 2.88. The molecule has 0 saturated carbocycles. The van der Waals surface area contributed by atoms with E-state index < -0.39 is 0 Å². The van der Waals surface area contributed by atoms with Crippen LogP contribution in [0.1, 0.15) is 6.92 Å². The van der Waals surface area contributed by atoms with Crippen LogP contribution in [0.15, 0.2) is 36.4 Å². The van der Waals surface area contributed by atoms with E-state index in [4.69, 9.17) is 4.74 Å². The monoisotopic (exact) mass is 286 g/mol. The molecule has 2 rings (SSSR count). The van der Waals surface area contributed by atoms with Crippen molar-refractivity contribution in [3.05, 3.63) is 36.4 Å². The van der Waals surface area contributed by atoms with Gasteiger partial charge in [0.25, 0.3) is 0 Å². The zero-order valence-corrected chi connectivity index (χ0v) is 12.8. The predicted octanol–water partition coefficient (Wildman–Crippen LogP) is 2.52. The molecule has 0 radical (unpaired) electrons. The normalized spacial score (nSPS) is 10.7. The summed E-state index contributed by atoms with van der Waals surface area (Å²) in [5, 5.41) is 3.22. The lowest BCUT2D eigenvalue weighted by Crippen LogP contribution is -2.19. The number of rotatable bonds is 7. The number of hydrogen-bond donors (Lipinski definition) is 1. The summed E-state index contributed by atoms with van der Waals surface area (Å²) in [6.45, 7) is 4.30. The second kappa shape index (κ2) is 7.59. The Morgan fingerprint density at radius 1 is 1.14 bits per heavy atom. The number of nitrogens with zero attached hydrogens (tertiary/aromatic N) is 3. The quantitative estimate of drug-likeness (QED) is 0.847. The maximum atomic E-state index is 5.73. The molecule has 0 saturated heterocycles. The van der Waals surface area contributed by atoms with Crippen molar-refractivity contribution in [3.8, 4) is 17.3 Å². The molecule has 0 aliphatic carbocycles. The zero-order chi connectivity index (χ0) is 15.1. The van der Waals surface area contributed by atoms with E-state index in [1.54, 1.807) is 0 Å². The van der Waals surface area contributed by atoms with Crippen molar-refractivity contribution in [1.29, 1.82) is 0 Å². The average Bonchev–Trinajstić information content (AvgIpc) is 2.48. The molecule has 0 atom stereocenters. The Hall–Kier alpha value is -2.14. The van der Waals surface area contributed by atoms with Gasteiger partial charge in [-0.05, 0) is 21.0 Å². The van der Waals surface area contributed by atoms with Gasteiger partial charge >= 0.3 is 0 Å². The maximum absolute atomic E-state index is 5.73. The number of anilines is 1. The minimum Gasteiger partial charge on any atom is -0.476 e. The third-order valence-corrected chi connectivity index (χ3v) is 2.88. The summed E-state index contributed by atoms with van der Waals surface area (Å²) in [5.74, 6) is 2.06. The minimum absolute atomic E-state index is 0.599. The molecule has 1 aromatic heterocycles. The maximum Gasteiger partial charge on any atom is 0.219 e. The summed E-state index contributed by atoms with van der Waals surface area (Å²) in [4.78, 5) is 11.1. The summed E-state index contributed by atoms with van der Waals surface area (Å²) in [7, 11) is 4.03. The van der Waals surface area contributed by atoms with Crippen LogP contribution in [0.3, 0.4) is 0 Å². The standard InChI is InChI=1S/C16H22N4O/c1-4-17-14-12-15(21-11-10-20(2)3)19-16(18-14)13-8-6-5-7-9-13/h5-9,12H,4,10-11H2,1-3H3,(H,17,18,19). The molecule has 1 heterocycles. The molecule has 0 aliphatic rings. The Labute approximate surface area is 126 Å². The molecule has 1 aromatic carbocycles. The van der Waals surface area contributed by atoms with Gasteiger partial charge in [-0.3, -0.25) is 0 Å². The van der Waals surface area contributed by atoms with Gasteiger partial charge in [0, 0.05) is 24.7 Å². The molecule has 0 aliphatic heterocycles. The van der Waals surface area contributed by atoms with E-state index in [2.05, 4.69) is 20.2 Å². The number of benzene rings is 1. The van der Waals surface area contributed by atoms with Gasteiger partial charge in [0.05, 0.1) is 0 Å². The van der Waals surface area contributed by atoms with Gasteiger partial charge in [0.2, 0.25) is 5.88 Å². The van der Waals surface area contributed by atoms with Crippen molar-refractivity contribution >= 4 is 5.82 Å². The van der Waals surface area contributed by atoms with E-state index >= 15 is 0 Å². The molecule has 112 valence electrons. The van der Waals surface area contributed by atoms with Gasteiger partial charge in [-0.25, -0.2) is 4.98 Å². The van der Waals surface area contributed by atoms with Crippen molar-refractivity contribution in [2.24, 2.45) is 0 Å². The predicted molar refractivity (Wildman–Crippen MR) is 85.7 cm³/mol. The molecule has 2 aromatic rings. The highest BCUT2D eigenvalue weighted by molar-refractivity contribution is 5.58. The Balaban J connectivity index is 2.22. The lowest BCUT2D eigenvalue weighted by molar-refractivity contribution is 0.254. The topological polar surface area (TPSA) is 50.3 Å². The van der Waals surface area contributed by atoms with E-state index in [0.29, 0.717) is 18.3 Å². The molecule has 5 heteroatoms. The van der Waals surface area contributed by atoms with Crippen molar-refractivity contribution in [1.82, 2.24) is 14.9 Å². The smallest absolute Gasteiger partial charge is 0.219 e. The van der Waals surface area contributed by atoms with E-state index in [1.165, 1.54) is 0 Å². The minimum atomic E-state index is 0.599. The molecule has 0 fully saturated rings. The third kappa shape index (κ3) is 4.72. The van der Waals surface area contributed by atoms with Gasteiger partial charge in [0.1, 0.15) is 12.4 Å². The lowest BCUT2D eigenvalue weighted by atomic mass is 10.2. The van der Waals surface area contributed by atoms with Gasteiger partial charge in [-0.1, -0.05) is 30.3 Å². The highest BCUT2D eigenvalue weighted by Gasteiger charge is 2.07. The van der Waals surface area contributed by atoms with E-state index in [0.717, 1.165) is 24.5 Å². The molecular weight excluding hydrogens is 264 g/mol. The Bertz CT molecular complexity index is 557. The Morgan fingerprint density at radius 2 is 1.90 bits per heavy atom. The number of nitrogens with one attached hydrogen (secondary N) is 1. The van der Waals surface area contributed by atoms with Gasteiger partial charge in [-0.15, -0.1) is 0 Å². The second-order valence-electron chi connectivity index (χ2n) is 4.96. The molecule has 0 amide bonds. The molecule has 5 nitrogen and oxygen atoms in total. The van der Waals surface area contributed by atoms with Crippen LogP contribution in [0.5, 0.6) is 5.88 Å². The van der Waals surface area contributed by atoms with Crippen LogP contribution < -0.4 is 10.1 Å². The lowest BCUT2D eigenvalue weighted by Gasteiger charge is -2.12. The molecule has 0 spiro atoms. The molecule has 1 N–H and O–H groups in total. The Morgan fingerprint density at radius 3 is 2.57 bits per heavy atom. The van der Waals surface area contributed by atoms with E-state index in [-0.39, 0.29) is 0 Å². The van der Waals surface area contributed by atoms with Crippen molar-refractivity contribution in [2.45, 2.75) is 6.92 Å². The van der Waals surface area contributed by atoms with Crippen LogP contribution in [0.25, 0.3) is 11.4 Å². The average molecular weight is 286 g/mol. The van der Waals surface area contributed by atoms with Crippen LogP contribution in [0, 0.1) is 0 Å². The molecule has 0 unspecified atom stereocenters. The van der Waals surface area contributed by atoms with Gasteiger partial charge < -0.3 is 15.0 Å². The number of aromatic nitrogens is 2. The molecule has 21 heavy (non-hydrogen) atoms. The number of ether oxygens (including phenoxy) is 1. The van der Waals surface area contributed by atoms with Crippen LogP contribution >= 0.6 is 0 Å². The van der Waals surface area contributed by atoms with Crippen molar-refractivity contribution < 1.29 is 4.74 Å². The zero-order valence-electron chi connectivity index (χ0n) is 12.8. The van der Waals surface area contributed by atoms with Crippen LogP contribution in [-0.4, -0.2) is 48.7 Å². The first-order valence-electron chi connectivity index (χ1n) is 7.15. The largest absolute Gasteiger partial charge is 0.476 e. The SMILES string of the molecule is CCNc1cc(OCCN(C)C)nc(-c2ccccc2)n1. The summed E-state index contributed by atoms with van der Waals surface area (Å²) >= 11 is 0. The van der Waals surface area contributed by atoms with E-state index in [1.807, 2.05) is 57.4 Å². The number of likely N-dealkylation sites (N-methyl/N-ethyl adjacent to an activating group) is 1. The fourth-order valence-corrected chi connectivity index (χ4v) is 1.82. The summed E-state index contributed by atoms with van der Waals surface area (Å²) in [6.07, 6.45) is 0. The second-order valence-corrected chi connectivity index (χ2v) is 4.96. The van der Waals surface area contributed by atoms with Crippen molar-refractivity contribution in [3.63, 3.8) is 0 Å². The summed E-state index contributed by atoms with van der Waals surface area (Å²) < 4.78 is 5.73. The van der Waals surface area contributed by atoms with Crippen LogP contribution in [0.2, 0.25) is 0 Å². The summed E-state index contributed by atoms with van der Waals surface area (Å²) in [5.41, 5.74) is 0.981. The molecule has 0 bridgehead atoms. The fraction of sp³-hybridized carbons (Fsp3) is 0.375. The first-order valence-corrected chi connectivity index (χ1v) is 7.15. The first-order chi connectivity index (χ1) is 10.2. The Kier molecular flexibility index (Phi) is 5.51. The fourth-order valence-electron chi connectivity index (χ4n) is 1.82. The van der Waals surface area contributed by atoms with Crippen LogP contribution in [-0.2, 0) is 0 Å².